The van der Waals surface area contributed by atoms with E-state index in [0.29, 0.717) is 6.04 Å². The molecule has 104 valence electrons. The summed E-state index contributed by atoms with van der Waals surface area (Å²) in [5.74, 6) is 1.71. The fourth-order valence-electron chi connectivity index (χ4n) is 3.37. The molecular weight excluding hydrogens is 250 g/mol. The highest BCUT2D eigenvalue weighted by Gasteiger charge is 2.33. The van der Waals surface area contributed by atoms with Crippen molar-refractivity contribution < 1.29 is 0 Å². The van der Waals surface area contributed by atoms with Crippen molar-refractivity contribution in [1.29, 1.82) is 0 Å². The van der Waals surface area contributed by atoms with E-state index in [1.165, 1.54) is 32.5 Å². The van der Waals surface area contributed by atoms with Crippen molar-refractivity contribution >= 4 is 5.69 Å². The zero-order valence-electron chi connectivity index (χ0n) is 11.4. The smallest absolute Gasteiger partial charge is 0.137 e. The van der Waals surface area contributed by atoms with Gasteiger partial charge in [-0.3, -0.25) is 4.57 Å². The number of fused-ring (bicyclic) bond motifs is 2. The lowest BCUT2D eigenvalue weighted by molar-refractivity contribution is 0.255. The highest BCUT2D eigenvalue weighted by atomic mass is 15.2. The Morgan fingerprint density at radius 1 is 1.20 bits per heavy atom. The number of hydrogen-bond donors (Lipinski definition) is 1. The number of hydrogen-bond acceptors (Lipinski definition) is 4. The normalized spacial score (nSPS) is 28.5. The fraction of sp³-hybridized carbons (Fsp3) is 0.467. The van der Waals surface area contributed by atoms with Crippen LogP contribution in [-0.2, 0) is 0 Å². The maximum absolute atomic E-state index is 4.50. The molecule has 0 saturated carbocycles. The molecule has 2 bridgehead atoms. The number of imidazole rings is 1. The van der Waals surface area contributed by atoms with Crippen molar-refractivity contribution in [1.82, 2.24) is 19.4 Å². The van der Waals surface area contributed by atoms with E-state index in [1.807, 2.05) is 23.0 Å². The van der Waals surface area contributed by atoms with Crippen LogP contribution in [0, 0.1) is 5.92 Å². The Balaban J connectivity index is 1.46. The molecule has 2 aromatic rings. The molecule has 4 heterocycles. The Kier molecular flexibility index (Phi) is 2.92. The maximum atomic E-state index is 4.50. The molecule has 1 N–H and O–H groups in total. The number of nitrogens with one attached hydrogen (secondary N) is 1. The van der Waals surface area contributed by atoms with E-state index in [4.69, 9.17) is 0 Å². The lowest BCUT2D eigenvalue weighted by atomic mass is 9.94. The molecule has 0 radical (unpaired) electrons. The van der Waals surface area contributed by atoms with Gasteiger partial charge in [-0.2, -0.15) is 0 Å². The number of nitrogens with zero attached hydrogens (tertiary/aromatic N) is 4. The Hall–Kier alpha value is -1.88. The van der Waals surface area contributed by atoms with Crippen molar-refractivity contribution in [3.05, 3.63) is 37.1 Å². The van der Waals surface area contributed by atoms with Crippen LogP contribution in [0.4, 0.5) is 5.69 Å². The average molecular weight is 269 g/mol. The van der Waals surface area contributed by atoms with Gasteiger partial charge >= 0.3 is 0 Å². The topological polar surface area (TPSA) is 46.0 Å². The van der Waals surface area contributed by atoms with Crippen LogP contribution in [0.3, 0.4) is 0 Å². The van der Waals surface area contributed by atoms with Crippen LogP contribution in [0.1, 0.15) is 12.8 Å². The lowest BCUT2D eigenvalue weighted by Gasteiger charge is -2.31. The molecule has 5 heteroatoms. The second-order valence-electron chi connectivity index (χ2n) is 5.76. The number of anilines is 1. The van der Waals surface area contributed by atoms with Gasteiger partial charge in [0.25, 0.3) is 0 Å². The first-order valence-electron chi connectivity index (χ1n) is 7.32. The summed E-state index contributed by atoms with van der Waals surface area (Å²) in [6.45, 7) is 3.77. The monoisotopic (exact) mass is 269 g/mol. The molecular formula is C15H19N5. The summed E-state index contributed by atoms with van der Waals surface area (Å²) < 4.78 is 1.92. The summed E-state index contributed by atoms with van der Waals surface area (Å²) in [7, 11) is 0. The first-order chi connectivity index (χ1) is 9.88. The third-order valence-corrected chi connectivity index (χ3v) is 4.50. The second kappa shape index (κ2) is 4.90. The van der Waals surface area contributed by atoms with Gasteiger partial charge in [-0.1, -0.05) is 0 Å². The van der Waals surface area contributed by atoms with Crippen LogP contribution in [0.25, 0.3) is 5.82 Å². The van der Waals surface area contributed by atoms with Gasteiger partial charge in [-0.25, -0.2) is 9.97 Å². The zero-order chi connectivity index (χ0) is 13.4. The summed E-state index contributed by atoms with van der Waals surface area (Å²) in [5.41, 5.74) is 1.12. The largest absolute Gasteiger partial charge is 0.381 e. The van der Waals surface area contributed by atoms with Gasteiger partial charge in [0.1, 0.15) is 12.1 Å². The molecule has 0 spiro atoms. The average Bonchev–Trinajstić information content (AvgIpc) is 3.14. The maximum Gasteiger partial charge on any atom is 0.137 e. The highest BCUT2D eigenvalue weighted by molar-refractivity contribution is 5.44. The third kappa shape index (κ3) is 2.18. The molecule has 2 aliphatic heterocycles. The van der Waals surface area contributed by atoms with Crippen LogP contribution in [0.15, 0.2) is 37.1 Å². The summed E-state index contributed by atoms with van der Waals surface area (Å²) in [5, 5.41) is 3.67. The van der Waals surface area contributed by atoms with E-state index in [-0.39, 0.29) is 0 Å². The van der Waals surface area contributed by atoms with Gasteiger partial charge in [-0.15, -0.1) is 0 Å². The number of pyridine rings is 1. The van der Waals surface area contributed by atoms with E-state index >= 15 is 0 Å². The number of aromatic nitrogens is 3. The van der Waals surface area contributed by atoms with Gasteiger partial charge < -0.3 is 10.2 Å². The molecule has 0 aromatic carbocycles. The molecule has 3 atom stereocenters. The molecule has 2 fully saturated rings. The van der Waals surface area contributed by atoms with Gasteiger partial charge in [0, 0.05) is 31.5 Å². The van der Waals surface area contributed by atoms with Crippen molar-refractivity contribution in [2.45, 2.75) is 18.9 Å². The Morgan fingerprint density at radius 3 is 2.95 bits per heavy atom. The molecule has 4 rings (SSSR count). The molecule has 2 aromatic heterocycles. The summed E-state index contributed by atoms with van der Waals surface area (Å²) in [4.78, 5) is 11.1. The molecule has 0 aliphatic carbocycles. The third-order valence-electron chi connectivity index (χ3n) is 4.50. The predicted molar refractivity (Wildman–Crippen MR) is 77.9 cm³/mol. The molecule has 0 amide bonds. The van der Waals surface area contributed by atoms with Gasteiger partial charge in [0.05, 0.1) is 11.9 Å². The van der Waals surface area contributed by atoms with E-state index in [0.717, 1.165) is 17.4 Å². The second-order valence-corrected chi connectivity index (χ2v) is 5.76. The summed E-state index contributed by atoms with van der Waals surface area (Å²) in [6.07, 6.45) is 9.94. The minimum Gasteiger partial charge on any atom is -0.381 e. The minimum atomic E-state index is 0.606. The van der Waals surface area contributed by atoms with E-state index in [9.17, 15) is 0 Å². The van der Waals surface area contributed by atoms with Crippen LogP contribution in [0.5, 0.6) is 0 Å². The Morgan fingerprint density at radius 2 is 2.15 bits per heavy atom. The predicted octanol–water partition coefficient (Wildman–Crippen LogP) is 1.77. The van der Waals surface area contributed by atoms with Gasteiger partial charge in [-0.05, 0) is 37.4 Å². The summed E-state index contributed by atoms with van der Waals surface area (Å²) in [6, 6.07) is 4.76. The van der Waals surface area contributed by atoms with Crippen molar-refractivity contribution in [3.8, 4) is 5.82 Å². The first-order valence-corrected chi connectivity index (χ1v) is 7.32. The Labute approximate surface area is 118 Å². The molecule has 3 unspecified atom stereocenters. The van der Waals surface area contributed by atoms with Crippen LogP contribution >= 0.6 is 0 Å². The zero-order valence-corrected chi connectivity index (χ0v) is 11.4. The van der Waals surface area contributed by atoms with Crippen LogP contribution in [-0.4, -0.2) is 45.1 Å². The van der Waals surface area contributed by atoms with Crippen molar-refractivity contribution in [2.75, 3.05) is 25.0 Å². The fourth-order valence-corrected chi connectivity index (χ4v) is 3.37. The first kappa shape index (κ1) is 11.9. The molecule has 5 nitrogen and oxygen atoms in total. The van der Waals surface area contributed by atoms with Gasteiger partial charge in [0.15, 0.2) is 0 Å². The van der Waals surface area contributed by atoms with Gasteiger partial charge in [0.2, 0.25) is 0 Å². The Bertz CT molecular complexity index is 562. The van der Waals surface area contributed by atoms with Crippen molar-refractivity contribution in [2.24, 2.45) is 5.92 Å². The number of piperidine rings is 1. The minimum absolute atomic E-state index is 0.606. The standard InChI is InChI=1S/C15H19N5/c1-2-15(20-8-5-16-11-20)17-9-13(1)18-14-4-7-19-6-3-12(14)10-19/h1-2,5,8-9,11-12,14,18H,3-4,6-7,10H2. The van der Waals surface area contributed by atoms with E-state index < -0.39 is 0 Å². The SMILES string of the molecule is c1cn(-c2ccc(NC3CCN4CCC3C4)cn2)cn1. The van der Waals surface area contributed by atoms with Crippen LogP contribution < -0.4 is 5.32 Å². The van der Waals surface area contributed by atoms with Crippen LogP contribution in [0.2, 0.25) is 0 Å². The number of rotatable bonds is 3. The molecule has 20 heavy (non-hydrogen) atoms. The molecule has 2 aliphatic rings. The van der Waals surface area contributed by atoms with E-state index in [1.54, 1.807) is 12.5 Å². The van der Waals surface area contributed by atoms with E-state index in [2.05, 4.69) is 26.3 Å². The van der Waals surface area contributed by atoms with Crippen molar-refractivity contribution in [3.63, 3.8) is 0 Å². The lowest BCUT2D eigenvalue weighted by Crippen LogP contribution is -2.39. The molecule has 2 saturated heterocycles. The quantitative estimate of drug-likeness (QED) is 0.922. The highest BCUT2D eigenvalue weighted by Crippen LogP contribution is 2.29. The summed E-state index contributed by atoms with van der Waals surface area (Å²) >= 11 is 0.